The second-order valence-electron chi connectivity index (χ2n) is 4.71. The Bertz CT molecular complexity index is 540. The van der Waals surface area contributed by atoms with Gasteiger partial charge in [-0.3, -0.25) is 0 Å². The van der Waals surface area contributed by atoms with Gasteiger partial charge in [0.15, 0.2) is 0 Å². The Hall–Kier alpha value is -2.01. The molecule has 114 valence electrons. The van der Waals surface area contributed by atoms with Crippen LogP contribution in [0.15, 0.2) is 36.7 Å². The van der Waals surface area contributed by atoms with Crippen molar-refractivity contribution in [1.82, 2.24) is 9.55 Å². The van der Waals surface area contributed by atoms with E-state index in [-0.39, 0.29) is 0 Å². The monoisotopic (exact) mass is 289 g/mol. The molecule has 0 unspecified atom stereocenters. The minimum atomic E-state index is 0.768. The zero-order chi connectivity index (χ0) is 14.9. The van der Waals surface area contributed by atoms with Crippen LogP contribution in [0.5, 0.6) is 5.75 Å². The number of anilines is 1. The minimum absolute atomic E-state index is 0.768. The van der Waals surface area contributed by atoms with E-state index < -0.39 is 0 Å². The topological polar surface area (TPSA) is 48.3 Å². The summed E-state index contributed by atoms with van der Waals surface area (Å²) >= 11 is 0. The first-order valence-corrected chi connectivity index (χ1v) is 7.29. The second kappa shape index (κ2) is 8.32. The number of methoxy groups -OCH3 is 1. The number of ether oxygens (including phenoxy) is 2. The highest BCUT2D eigenvalue weighted by Crippen LogP contribution is 2.15. The molecule has 0 aliphatic heterocycles. The summed E-state index contributed by atoms with van der Waals surface area (Å²) < 4.78 is 12.7. The van der Waals surface area contributed by atoms with Crippen LogP contribution in [0.25, 0.3) is 0 Å². The third-order valence-corrected chi connectivity index (χ3v) is 3.16. The lowest BCUT2D eigenvalue weighted by molar-refractivity contribution is 0.147. The fourth-order valence-electron chi connectivity index (χ4n) is 2.09. The van der Waals surface area contributed by atoms with E-state index in [1.807, 2.05) is 37.5 Å². The van der Waals surface area contributed by atoms with Gasteiger partial charge in [0.25, 0.3) is 0 Å². The lowest BCUT2D eigenvalue weighted by Gasteiger charge is -2.10. The standard InChI is InChI=1S/C16H23N3O2/c1-3-21-11-5-8-17-16-18-9-10-19(16)13-14-6-4-7-15(12-14)20-2/h4,6-7,9-10,12H,3,5,8,11,13H2,1-2H3,(H,17,18). The molecule has 0 aliphatic rings. The number of benzene rings is 1. The van der Waals surface area contributed by atoms with Crippen LogP contribution in [0.1, 0.15) is 18.9 Å². The molecule has 0 aliphatic carbocycles. The van der Waals surface area contributed by atoms with Gasteiger partial charge < -0.3 is 19.4 Å². The lowest BCUT2D eigenvalue weighted by Crippen LogP contribution is -2.11. The van der Waals surface area contributed by atoms with E-state index in [1.54, 1.807) is 7.11 Å². The summed E-state index contributed by atoms with van der Waals surface area (Å²) in [5.74, 6) is 1.76. The summed E-state index contributed by atoms with van der Waals surface area (Å²) in [6, 6.07) is 8.07. The molecule has 0 saturated heterocycles. The first-order valence-electron chi connectivity index (χ1n) is 7.29. The first kappa shape index (κ1) is 15.4. The molecular weight excluding hydrogens is 266 g/mol. The highest BCUT2D eigenvalue weighted by molar-refractivity contribution is 5.31. The molecule has 0 spiro atoms. The van der Waals surface area contributed by atoms with Crippen LogP contribution in [-0.4, -0.2) is 36.4 Å². The van der Waals surface area contributed by atoms with Crippen molar-refractivity contribution in [1.29, 1.82) is 0 Å². The van der Waals surface area contributed by atoms with E-state index >= 15 is 0 Å². The molecule has 1 N–H and O–H groups in total. The highest BCUT2D eigenvalue weighted by atomic mass is 16.5. The summed E-state index contributed by atoms with van der Waals surface area (Å²) in [5, 5.41) is 3.34. The smallest absolute Gasteiger partial charge is 0.203 e. The van der Waals surface area contributed by atoms with Crippen molar-refractivity contribution in [2.75, 3.05) is 32.2 Å². The van der Waals surface area contributed by atoms with E-state index in [9.17, 15) is 0 Å². The fraction of sp³-hybridized carbons (Fsp3) is 0.438. The van der Waals surface area contributed by atoms with E-state index in [4.69, 9.17) is 9.47 Å². The van der Waals surface area contributed by atoms with Crippen molar-refractivity contribution in [3.63, 3.8) is 0 Å². The molecule has 0 amide bonds. The third kappa shape index (κ3) is 4.79. The molecular formula is C16H23N3O2. The van der Waals surface area contributed by atoms with Crippen molar-refractivity contribution in [3.05, 3.63) is 42.2 Å². The van der Waals surface area contributed by atoms with Crippen molar-refractivity contribution >= 4 is 5.95 Å². The normalized spacial score (nSPS) is 10.6. The Morgan fingerprint density at radius 2 is 2.24 bits per heavy atom. The van der Waals surface area contributed by atoms with Gasteiger partial charge in [0.1, 0.15) is 5.75 Å². The molecule has 1 aromatic carbocycles. The van der Waals surface area contributed by atoms with Gasteiger partial charge in [-0.1, -0.05) is 12.1 Å². The molecule has 0 saturated carbocycles. The van der Waals surface area contributed by atoms with E-state index in [0.717, 1.165) is 44.4 Å². The molecule has 2 aromatic rings. The van der Waals surface area contributed by atoms with Crippen molar-refractivity contribution < 1.29 is 9.47 Å². The summed E-state index contributed by atoms with van der Waals surface area (Å²) in [6.45, 7) is 5.18. The van der Waals surface area contributed by atoms with Crippen LogP contribution in [0.3, 0.4) is 0 Å². The number of imidazole rings is 1. The van der Waals surface area contributed by atoms with Crippen molar-refractivity contribution in [2.24, 2.45) is 0 Å². The van der Waals surface area contributed by atoms with Gasteiger partial charge in [-0.15, -0.1) is 0 Å². The second-order valence-corrected chi connectivity index (χ2v) is 4.71. The van der Waals surface area contributed by atoms with E-state index in [0.29, 0.717) is 0 Å². The van der Waals surface area contributed by atoms with Crippen LogP contribution in [0.2, 0.25) is 0 Å². The molecule has 0 radical (unpaired) electrons. The Kier molecular flexibility index (Phi) is 6.09. The third-order valence-electron chi connectivity index (χ3n) is 3.16. The summed E-state index contributed by atoms with van der Waals surface area (Å²) in [7, 11) is 1.68. The molecule has 2 rings (SSSR count). The Morgan fingerprint density at radius 1 is 1.33 bits per heavy atom. The van der Waals surface area contributed by atoms with Gasteiger partial charge in [-0.05, 0) is 31.0 Å². The number of aromatic nitrogens is 2. The number of hydrogen-bond donors (Lipinski definition) is 1. The molecule has 21 heavy (non-hydrogen) atoms. The predicted molar refractivity (Wildman–Crippen MR) is 83.9 cm³/mol. The maximum atomic E-state index is 5.32. The molecule has 5 heteroatoms. The van der Waals surface area contributed by atoms with Gasteiger partial charge >= 0.3 is 0 Å². The van der Waals surface area contributed by atoms with Gasteiger partial charge in [-0.2, -0.15) is 0 Å². The zero-order valence-electron chi connectivity index (χ0n) is 12.7. The Morgan fingerprint density at radius 3 is 3.05 bits per heavy atom. The number of nitrogens with zero attached hydrogens (tertiary/aromatic N) is 2. The van der Waals surface area contributed by atoms with Crippen molar-refractivity contribution in [2.45, 2.75) is 19.9 Å². The summed E-state index contributed by atoms with van der Waals surface area (Å²) in [5.41, 5.74) is 1.18. The quantitative estimate of drug-likeness (QED) is 0.721. The first-order chi connectivity index (χ1) is 10.3. The molecule has 5 nitrogen and oxygen atoms in total. The van der Waals surface area contributed by atoms with Crippen LogP contribution in [0.4, 0.5) is 5.95 Å². The SMILES string of the molecule is CCOCCCNc1nccn1Cc1cccc(OC)c1. The van der Waals surface area contributed by atoms with E-state index in [2.05, 4.69) is 20.9 Å². The molecule has 0 bridgehead atoms. The minimum Gasteiger partial charge on any atom is -0.497 e. The van der Waals surface area contributed by atoms with Gasteiger partial charge in [0, 0.05) is 32.2 Å². The maximum Gasteiger partial charge on any atom is 0.203 e. The Labute approximate surface area is 125 Å². The molecule has 1 heterocycles. The summed E-state index contributed by atoms with van der Waals surface area (Å²) in [4.78, 5) is 4.35. The fourth-order valence-corrected chi connectivity index (χ4v) is 2.09. The lowest BCUT2D eigenvalue weighted by atomic mass is 10.2. The number of rotatable bonds is 9. The average Bonchev–Trinajstić information content (AvgIpc) is 2.94. The van der Waals surface area contributed by atoms with Crippen LogP contribution >= 0.6 is 0 Å². The summed E-state index contributed by atoms with van der Waals surface area (Å²) in [6.07, 6.45) is 4.76. The molecule has 0 fully saturated rings. The number of nitrogens with one attached hydrogen (secondary N) is 1. The van der Waals surface area contributed by atoms with Gasteiger partial charge in [0.05, 0.1) is 13.7 Å². The zero-order valence-corrected chi connectivity index (χ0v) is 12.7. The molecule has 0 atom stereocenters. The van der Waals surface area contributed by atoms with Gasteiger partial charge in [0.2, 0.25) is 5.95 Å². The number of hydrogen-bond acceptors (Lipinski definition) is 4. The largest absolute Gasteiger partial charge is 0.497 e. The Balaban J connectivity index is 1.90. The van der Waals surface area contributed by atoms with E-state index in [1.165, 1.54) is 5.56 Å². The predicted octanol–water partition coefficient (Wildman–Crippen LogP) is 2.78. The maximum absolute atomic E-state index is 5.32. The highest BCUT2D eigenvalue weighted by Gasteiger charge is 2.03. The van der Waals surface area contributed by atoms with Crippen molar-refractivity contribution in [3.8, 4) is 5.75 Å². The van der Waals surface area contributed by atoms with Crippen LogP contribution < -0.4 is 10.1 Å². The van der Waals surface area contributed by atoms with Crippen LogP contribution in [-0.2, 0) is 11.3 Å². The van der Waals surface area contributed by atoms with Gasteiger partial charge in [-0.25, -0.2) is 4.98 Å². The average molecular weight is 289 g/mol. The molecule has 1 aromatic heterocycles. The van der Waals surface area contributed by atoms with Crippen LogP contribution in [0, 0.1) is 0 Å².